The number of benzene rings is 1. The number of halogens is 1. The number of aromatic nitrogens is 3. The summed E-state index contributed by atoms with van der Waals surface area (Å²) in [4.78, 5) is 20.8. The molecule has 0 aliphatic carbocycles. The number of carbonyl (C=O) groups excluding carboxylic acids is 1. The summed E-state index contributed by atoms with van der Waals surface area (Å²) in [6.07, 6.45) is 1.47. The topological polar surface area (TPSA) is 85.8 Å². The molecule has 2 aromatic heterocycles. The van der Waals surface area contributed by atoms with Crippen molar-refractivity contribution in [2.75, 3.05) is 11.1 Å². The Morgan fingerprint density at radius 3 is 2.30 bits per heavy atom. The second kappa shape index (κ2) is 6.64. The average Bonchev–Trinajstić information content (AvgIpc) is 2.79. The summed E-state index contributed by atoms with van der Waals surface area (Å²) in [5.41, 5.74) is 11.4. The van der Waals surface area contributed by atoms with Crippen LogP contribution in [0.4, 0.5) is 11.5 Å². The number of hydrogen-bond donors (Lipinski definition) is 2. The Bertz CT molecular complexity index is 1040. The van der Waals surface area contributed by atoms with Crippen molar-refractivity contribution in [2.24, 2.45) is 12.5 Å². The fourth-order valence-electron chi connectivity index (χ4n) is 3.23. The van der Waals surface area contributed by atoms with E-state index in [1.165, 1.54) is 6.33 Å². The molecule has 6 nitrogen and oxygen atoms in total. The highest BCUT2D eigenvalue weighted by atomic mass is 79.9. The van der Waals surface area contributed by atoms with E-state index in [0.29, 0.717) is 5.82 Å². The van der Waals surface area contributed by atoms with Crippen molar-refractivity contribution in [1.29, 1.82) is 0 Å². The zero-order chi connectivity index (χ0) is 20.1. The van der Waals surface area contributed by atoms with Crippen molar-refractivity contribution < 1.29 is 4.79 Å². The monoisotopic (exact) mass is 429 g/mol. The second-order valence-corrected chi connectivity index (χ2v) is 8.66. The van der Waals surface area contributed by atoms with E-state index in [9.17, 15) is 4.79 Å². The Balaban J connectivity index is 2.16. The molecule has 142 valence electrons. The molecule has 0 saturated carbocycles. The molecular formula is C20H24BrN5O. The third-order valence-corrected chi connectivity index (χ3v) is 5.42. The first-order valence-electron chi connectivity index (χ1n) is 8.69. The van der Waals surface area contributed by atoms with E-state index in [2.05, 4.69) is 31.2 Å². The van der Waals surface area contributed by atoms with Crippen LogP contribution >= 0.6 is 15.9 Å². The van der Waals surface area contributed by atoms with Gasteiger partial charge in [0.2, 0.25) is 5.91 Å². The highest BCUT2D eigenvalue weighted by Crippen LogP contribution is 2.41. The van der Waals surface area contributed by atoms with Gasteiger partial charge < -0.3 is 15.6 Å². The van der Waals surface area contributed by atoms with Gasteiger partial charge in [0.1, 0.15) is 17.8 Å². The Morgan fingerprint density at radius 2 is 1.78 bits per heavy atom. The van der Waals surface area contributed by atoms with Crippen molar-refractivity contribution >= 4 is 44.4 Å². The summed E-state index contributed by atoms with van der Waals surface area (Å²) in [6.45, 7) is 9.76. The van der Waals surface area contributed by atoms with Crippen LogP contribution in [0.25, 0.3) is 22.3 Å². The Morgan fingerprint density at radius 1 is 1.19 bits per heavy atom. The molecule has 0 bridgehead atoms. The third kappa shape index (κ3) is 3.32. The van der Waals surface area contributed by atoms with Crippen molar-refractivity contribution in [1.82, 2.24) is 14.5 Å². The zero-order valence-electron chi connectivity index (χ0n) is 16.4. The molecule has 0 spiro atoms. The first kappa shape index (κ1) is 19.4. The van der Waals surface area contributed by atoms with Crippen LogP contribution in [0.5, 0.6) is 0 Å². The molecular weight excluding hydrogens is 406 g/mol. The number of nitrogens with two attached hydrogens (primary N) is 1. The number of nitrogen functional groups attached to an aromatic ring is 1. The average molecular weight is 430 g/mol. The van der Waals surface area contributed by atoms with Crippen LogP contribution in [0, 0.1) is 19.3 Å². The third-order valence-electron chi connectivity index (χ3n) is 4.65. The van der Waals surface area contributed by atoms with Crippen molar-refractivity contribution in [3.8, 4) is 11.3 Å². The molecule has 0 saturated heterocycles. The van der Waals surface area contributed by atoms with Crippen LogP contribution in [0.3, 0.4) is 0 Å². The van der Waals surface area contributed by atoms with Gasteiger partial charge in [0.05, 0.1) is 15.6 Å². The van der Waals surface area contributed by atoms with Gasteiger partial charge in [0.25, 0.3) is 0 Å². The largest absolute Gasteiger partial charge is 0.383 e. The molecule has 27 heavy (non-hydrogen) atoms. The molecule has 1 amide bonds. The van der Waals surface area contributed by atoms with E-state index in [0.717, 1.165) is 43.6 Å². The summed E-state index contributed by atoms with van der Waals surface area (Å²) in [7, 11) is 1.96. The summed E-state index contributed by atoms with van der Waals surface area (Å²) in [5.74, 6) is 0.431. The lowest BCUT2D eigenvalue weighted by Crippen LogP contribution is -2.27. The van der Waals surface area contributed by atoms with Gasteiger partial charge in [-0.3, -0.25) is 4.79 Å². The SMILES string of the molecule is Cc1cc(NC(=O)C(C)(C)C)cc(C)c1-c1c(Br)c2c(N)ncnc2n1C. The molecule has 0 aliphatic rings. The predicted octanol–water partition coefficient (Wildman–Crippen LogP) is 4.58. The maximum atomic E-state index is 12.3. The minimum Gasteiger partial charge on any atom is -0.383 e. The first-order valence-corrected chi connectivity index (χ1v) is 9.49. The lowest BCUT2D eigenvalue weighted by molar-refractivity contribution is -0.123. The molecule has 3 rings (SSSR count). The molecule has 0 unspecified atom stereocenters. The Kier molecular flexibility index (Phi) is 4.76. The number of aryl methyl sites for hydroxylation is 3. The van der Waals surface area contributed by atoms with Gasteiger partial charge in [-0.05, 0) is 53.0 Å². The maximum absolute atomic E-state index is 12.3. The highest BCUT2D eigenvalue weighted by molar-refractivity contribution is 9.10. The fourth-order valence-corrected chi connectivity index (χ4v) is 4.08. The van der Waals surface area contributed by atoms with E-state index in [1.54, 1.807) is 0 Å². The standard InChI is InChI=1S/C20H24BrN5O/c1-10-7-12(25-19(27)20(3,4)5)8-11(2)13(10)16-15(21)14-17(22)23-9-24-18(14)26(16)6/h7-9H,1-6H3,(H,25,27)(H2,22,23,24). The molecule has 0 radical (unpaired) electrons. The summed E-state index contributed by atoms with van der Waals surface area (Å²) in [6, 6.07) is 3.98. The minimum absolute atomic E-state index is 0.0112. The number of nitrogens with one attached hydrogen (secondary N) is 1. The van der Waals surface area contributed by atoms with Gasteiger partial charge in [0.15, 0.2) is 0 Å². The van der Waals surface area contributed by atoms with E-state index in [1.807, 2.05) is 58.4 Å². The zero-order valence-corrected chi connectivity index (χ0v) is 18.0. The fraction of sp³-hybridized carbons (Fsp3) is 0.350. The molecule has 0 fully saturated rings. The molecule has 2 heterocycles. The van der Waals surface area contributed by atoms with E-state index >= 15 is 0 Å². The number of rotatable bonds is 2. The lowest BCUT2D eigenvalue weighted by atomic mass is 9.94. The molecule has 3 aromatic rings. The number of carbonyl (C=O) groups is 1. The van der Waals surface area contributed by atoms with Gasteiger partial charge in [-0.2, -0.15) is 0 Å². The molecule has 1 aromatic carbocycles. The van der Waals surface area contributed by atoms with Crippen molar-refractivity contribution in [2.45, 2.75) is 34.6 Å². The lowest BCUT2D eigenvalue weighted by Gasteiger charge is -2.20. The number of hydrogen-bond acceptors (Lipinski definition) is 4. The summed E-state index contributed by atoms with van der Waals surface area (Å²) in [5, 5.41) is 3.81. The van der Waals surface area contributed by atoms with Gasteiger partial charge >= 0.3 is 0 Å². The number of amides is 1. The van der Waals surface area contributed by atoms with Crippen LogP contribution in [0.15, 0.2) is 22.9 Å². The normalized spacial score (nSPS) is 11.8. The van der Waals surface area contributed by atoms with Gasteiger partial charge in [0, 0.05) is 23.7 Å². The van der Waals surface area contributed by atoms with Crippen LogP contribution in [-0.2, 0) is 11.8 Å². The maximum Gasteiger partial charge on any atom is 0.229 e. The van der Waals surface area contributed by atoms with Crippen LogP contribution in [-0.4, -0.2) is 20.4 Å². The smallest absolute Gasteiger partial charge is 0.229 e. The Hall–Kier alpha value is -2.41. The number of nitrogens with zero attached hydrogens (tertiary/aromatic N) is 3. The minimum atomic E-state index is -0.449. The van der Waals surface area contributed by atoms with E-state index in [4.69, 9.17) is 5.73 Å². The van der Waals surface area contributed by atoms with Gasteiger partial charge in [-0.25, -0.2) is 9.97 Å². The second-order valence-electron chi connectivity index (χ2n) is 7.87. The summed E-state index contributed by atoms with van der Waals surface area (Å²) < 4.78 is 2.89. The quantitative estimate of drug-likeness (QED) is 0.623. The molecule has 3 N–H and O–H groups in total. The van der Waals surface area contributed by atoms with Gasteiger partial charge in [-0.15, -0.1) is 0 Å². The van der Waals surface area contributed by atoms with Crippen LogP contribution < -0.4 is 11.1 Å². The van der Waals surface area contributed by atoms with Crippen molar-refractivity contribution in [3.05, 3.63) is 34.1 Å². The van der Waals surface area contributed by atoms with Gasteiger partial charge in [-0.1, -0.05) is 20.8 Å². The number of fused-ring (bicyclic) bond motifs is 1. The Labute approximate surface area is 167 Å². The van der Waals surface area contributed by atoms with Crippen molar-refractivity contribution in [3.63, 3.8) is 0 Å². The molecule has 0 atom stereocenters. The molecule has 7 heteroatoms. The predicted molar refractivity (Wildman–Crippen MR) is 114 cm³/mol. The van der Waals surface area contributed by atoms with E-state index < -0.39 is 5.41 Å². The molecule has 0 aliphatic heterocycles. The first-order chi connectivity index (χ1) is 12.5. The van der Waals surface area contributed by atoms with Crippen LogP contribution in [0.1, 0.15) is 31.9 Å². The van der Waals surface area contributed by atoms with E-state index in [-0.39, 0.29) is 5.91 Å². The summed E-state index contributed by atoms with van der Waals surface area (Å²) >= 11 is 3.69. The van der Waals surface area contributed by atoms with Crippen LogP contribution in [0.2, 0.25) is 0 Å². The highest BCUT2D eigenvalue weighted by Gasteiger charge is 2.23. The number of anilines is 2.